The standard InChI is InChI=1S/C21H28N2/c1-22-12-5-13-23(2)17-21-9-4-7-19(15-21)11-10-18-6-3-8-20(14-18)16-22/h3-4,6-9,14-15H,5,10-13,16-17H2,1-2H3. The van der Waals surface area contributed by atoms with Crippen LogP contribution in [0.1, 0.15) is 28.7 Å². The highest BCUT2D eigenvalue weighted by Gasteiger charge is 2.06. The minimum Gasteiger partial charge on any atom is -0.302 e. The Morgan fingerprint density at radius 1 is 0.652 bits per heavy atom. The predicted octanol–water partition coefficient (Wildman–Crippen LogP) is 3.74. The summed E-state index contributed by atoms with van der Waals surface area (Å²) in [5.41, 5.74) is 5.77. The van der Waals surface area contributed by atoms with Crippen LogP contribution in [0.15, 0.2) is 48.5 Å². The van der Waals surface area contributed by atoms with E-state index < -0.39 is 0 Å². The zero-order chi connectivity index (χ0) is 16.1. The first-order valence-electron chi connectivity index (χ1n) is 8.72. The van der Waals surface area contributed by atoms with Crippen molar-refractivity contribution in [2.45, 2.75) is 32.4 Å². The lowest BCUT2D eigenvalue weighted by Crippen LogP contribution is -2.25. The number of hydrogen-bond donors (Lipinski definition) is 0. The first kappa shape index (κ1) is 16.2. The third kappa shape index (κ3) is 4.92. The van der Waals surface area contributed by atoms with Gasteiger partial charge in [0.1, 0.15) is 0 Å². The molecular weight excluding hydrogens is 280 g/mol. The molecule has 3 rings (SSSR count). The molecule has 0 aromatic heterocycles. The Balaban J connectivity index is 1.81. The topological polar surface area (TPSA) is 6.48 Å². The highest BCUT2D eigenvalue weighted by atomic mass is 15.1. The largest absolute Gasteiger partial charge is 0.302 e. The Labute approximate surface area is 140 Å². The van der Waals surface area contributed by atoms with Crippen LogP contribution < -0.4 is 0 Å². The van der Waals surface area contributed by atoms with Crippen molar-refractivity contribution in [1.29, 1.82) is 0 Å². The highest BCUT2D eigenvalue weighted by molar-refractivity contribution is 5.27. The molecule has 0 N–H and O–H groups in total. The molecule has 0 atom stereocenters. The zero-order valence-corrected chi connectivity index (χ0v) is 14.5. The first-order chi connectivity index (χ1) is 11.2. The van der Waals surface area contributed by atoms with E-state index in [9.17, 15) is 0 Å². The minimum atomic E-state index is 1.05. The number of hydrogen-bond acceptors (Lipinski definition) is 2. The molecule has 1 aliphatic rings. The molecular formula is C21H28N2. The normalized spacial score (nSPS) is 18.2. The van der Waals surface area contributed by atoms with E-state index in [1.165, 1.54) is 28.7 Å². The van der Waals surface area contributed by atoms with Gasteiger partial charge in [-0.25, -0.2) is 0 Å². The van der Waals surface area contributed by atoms with Gasteiger partial charge in [-0.05, 0) is 68.7 Å². The predicted molar refractivity (Wildman–Crippen MR) is 97.6 cm³/mol. The number of nitrogens with zero attached hydrogens (tertiary/aromatic N) is 2. The molecule has 2 heteroatoms. The molecule has 0 spiro atoms. The molecule has 1 heterocycles. The van der Waals surface area contributed by atoms with Crippen LogP contribution in [-0.2, 0) is 25.9 Å². The summed E-state index contributed by atoms with van der Waals surface area (Å²) in [6.45, 7) is 4.39. The van der Waals surface area contributed by atoms with Crippen LogP contribution >= 0.6 is 0 Å². The molecule has 2 aromatic carbocycles. The Morgan fingerprint density at radius 3 is 1.57 bits per heavy atom. The second-order valence-corrected chi connectivity index (χ2v) is 6.97. The van der Waals surface area contributed by atoms with Gasteiger partial charge >= 0.3 is 0 Å². The smallest absolute Gasteiger partial charge is 0.0230 e. The van der Waals surface area contributed by atoms with Crippen molar-refractivity contribution >= 4 is 0 Å². The fourth-order valence-corrected chi connectivity index (χ4v) is 3.45. The average molecular weight is 308 g/mol. The summed E-state index contributed by atoms with van der Waals surface area (Å²) in [7, 11) is 4.46. The van der Waals surface area contributed by atoms with Crippen molar-refractivity contribution in [2.75, 3.05) is 27.2 Å². The van der Waals surface area contributed by atoms with Gasteiger partial charge in [-0.3, -0.25) is 0 Å². The van der Waals surface area contributed by atoms with Crippen LogP contribution in [0.3, 0.4) is 0 Å². The summed E-state index contributed by atoms with van der Waals surface area (Å²) < 4.78 is 0. The van der Waals surface area contributed by atoms with Gasteiger partial charge in [0.05, 0.1) is 0 Å². The summed E-state index contributed by atoms with van der Waals surface area (Å²) >= 11 is 0. The van der Waals surface area contributed by atoms with E-state index in [4.69, 9.17) is 0 Å². The zero-order valence-electron chi connectivity index (χ0n) is 14.5. The Kier molecular flexibility index (Phi) is 5.47. The molecule has 1 aliphatic heterocycles. The lowest BCUT2D eigenvalue weighted by molar-refractivity contribution is 0.270. The molecule has 0 unspecified atom stereocenters. The van der Waals surface area contributed by atoms with Crippen LogP contribution in [0.5, 0.6) is 0 Å². The fourth-order valence-electron chi connectivity index (χ4n) is 3.45. The van der Waals surface area contributed by atoms with Gasteiger partial charge in [0.15, 0.2) is 0 Å². The summed E-state index contributed by atoms with van der Waals surface area (Å²) in [6, 6.07) is 18.2. The summed E-state index contributed by atoms with van der Waals surface area (Å²) in [6.07, 6.45) is 3.46. The molecule has 0 fully saturated rings. The highest BCUT2D eigenvalue weighted by Crippen LogP contribution is 2.14. The summed E-state index contributed by atoms with van der Waals surface area (Å²) in [5.74, 6) is 0. The van der Waals surface area contributed by atoms with Crippen molar-refractivity contribution < 1.29 is 0 Å². The first-order valence-corrected chi connectivity index (χ1v) is 8.72. The van der Waals surface area contributed by atoms with Crippen LogP contribution in [-0.4, -0.2) is 37.0 Å². The van der Waals surface area contributed by atoms with E-state index in [1.807, 2.05) is 0 Å². The van der Waals surface area contributed by atoms with Crippen LogP contribution in [0.2, 0.25) is 0 Å². The monoisotopic (exact) mass is 308 g/mol. The van der Waals surface area contributed by atoms with Crippen LogP contribution in [0.4, 0.5) is 0 Å². The van der Waals surface area contributed by atoms with Crippen molar-refractivity contribution in [3.63, 3.8) is 0 Å². The van der Waals surface area contributed by atoms with Crippen molar-refractivity contribution in [3.05, 3.63) is 70.8 Å². The van der Waals surface area contributed by atoms with E-state index in [2.05, 4.69) is 72.4 Å². The SMILES string of the molecule is CN1CCCN(C)Cc2cccc(c2)CCc2cccc(c2)C1. The lowest BCUT2D eigenvalue weighted by atomic mass is 10.0. The second kappa shape index (κ2) is 7.76. The minimum absolute atomic E-state index is 1.05. The van der Waals surface area contributed by atoms with Gasteiger partial charge in [0, 0.05) is 13.1 Å². The molecule has 0 amide bonds. The molecule has 4 bridgehead atoms. The molecule has 2 aromatic rings. The van der Waals surface area contributed by atoms with E-state index in [0.29, 0.717) is 0 Å². The van der Waals surface area contributed by atoms with Gasteiger partial charge in [0.2, 0.25) is 0 Å². The molecule has 122 valence electrons. The Hall–Kier alpha value is -1.64. The van der Waals surface area contributed by atoms with Crippen molar-refractivity contribution in [2.24, 2.45) is 0 Å². The number of fused-ring (bicyclic) bond motifs is 4. The maximum Gasteiger partial charge on any atom is 0.0230 e. The van der Waals surface area contributed by atoms with E-state index in [1.54, 1.807) is 0 Å². The maximum atomic E-state index is 2.44. The fraction of sp³-hybridized carbons (Fsp3) is 0.429. The van der Waals surface area contributed by atoms with Gasteiger partial charge in [0.25, 0.3) is 0 Å². The van der Waals surface area contributed by atoms with Gasteiger partial charge in [-0.2, -0.15) is 0 Å². The Bertz CT molecular complexity index is 580. The summed E-state index contributed by atoms with van der Waals surface area (Å²) in [5, 5.41) is 0. The lowest BCUT2D eigenvalue weighted by Gasteiger charge is -2.20. The number of aryl methyl sites for hydroxylation is 2. The van der Waals surface area contributed by atoms with E-state index in [-0.39, 0.29) is 0 Å². The third-order valence-electron chi connectivity index (χ3n) is 4.67. The Morgan fingerprint density at radius 2 is 1.09 bits per heavy atom. The van der Waals surface area contributed by atoms with E-state index >= 15 is 0 Å². The summed E-state index contributed by atoms with van der Waals surface area (Å²) in [4.78, 5) is 4.87. The quantitative estimate of drug-likeness (QED) is 0.731. The molecule has 0 radical (unpaired) electrons. The number of benzene rings is 2. The molecule has 2 nitrogen and oxygen atoms in total. The van der Waals surface area contributed by atoms with Crippen LogP contribution in [0, 0.1) is 0 Å². The maximum absolute atomic E-state index is 2.44. The van der Waals surface area contributed by atoms with Crippen LogP contribution in [0.25, 0.3) is 0 Å². The van der Waals surface area contributed by atoms with Gasteiger partial charge in [-0.15, -0.1) is 0 Å². The second-order valence-electron chi connectivity index (χ2n) is 6.97. The molecule has 0 saturated carbocycles. The average Bonchev–Trinajstić information content (AvgIpc) is 2.53. The van der Waals surface area contributed by atoms with Gasteiger partial charge < -0.3 is 9.80 Å². The number of rotatable bonds is 0. The van der Waals surface area contributed by atoms with Gasteiger partial charge in [-0.1, -0.05) is 48.5 Å². The molecule has 23 heavy (non-hydrogen) atoms. The molecule has 0 saturated heterocycles. The van der Waals surface area contributed by atoms with Crippen molar-refractivity contribution in [1.82, 2.24) is 9.80 Å². The van der Waals surface area contributed by atoms with E-state index in [0.717, 1.165) is 39.0 Å². The third-order valence-corrected chi connectivity index (χ3v) is 4.67. The van der Waals surface area contributed by atoms with Crippen molar-refractivity contribution in [3.8, 4) is 0 Å². The molecule has 0 aliphatic carbocycles.